The van der Waals surface area contributed by atoms with Gasteiger partial charge in [-0.25, -0.2) is 4.39 Å². The van der Waals surface area contributed by atoms with Gasteiger partial charge in [-0.2, -0.15) is 5.10 Å². The molecule has 0 saturated heterocycles. The third-order valence-corrected chi connectivity index (χ3v) is 4.52. The lowest BCUT2D eigenvalue weighted by atomic mass is 9.76. The van der Waals surface area contributed by atoms with Gasteiger partial charge in [0.1, 0.15) is 5.82 Å². The molecule has 1 aliphatic carbocycles. The summed E-state index contributed by atoms with van der Waals surface area (Å²) in [5.74, 6) is -0.127. The Morgan fingerprint density at radius 1 is 1.08 bits per heavy atom. The number of hydrogen-bond acceptors (Lipinski definition) is 2. The van der Waals surface area contributed by atoms with Crippen LogP contribution in [0.3, 0.4) is 0 Å². The molecule has 0 aromatic heterocycles. The fraction of sp³-hybridized carbons (Fsp3) is 0.263. The van der Waals surface area contributed by atoms with Crippen molar-refractivity contribution < 1.29 is 4.39 Å². The molecule has 0 amide bonds. The van der Waals surface area contributed by atoms with Crippen molar-refractivity contribution >= 4 is 11.7 Å². The van der Waals surface area contributed by atoms with Gasteiger partial charge in [0.15, 0.2) is 0 Å². The van der Waals surface area contributed by atoms with Crippen LogP contribution in [0.15, 0.2) is 46.6 Å². The number of nitrogens with two attached hydrogens (primary N) is 2. The lowest BCUT2D eigenvalue weighted by Crippen LogP contribution is -2.24. The number of rotatable bonds is 2. The van der Waals surface area contributed by atoms with Gasteiger partial charge < -0.3 is 11.5 Å². The summed E-state index contributed by atoms with van der Waals surface area (Å²) in [5, 5.41) is 8.12. The summed E-state index contributed by atoms with van der Waals surface area (Å²) >= 11 is 0. The van der Waals surface area contributed by atoms with Crippen LogP contribution in [0.1, 0.15) is 40.2 Å². The van der Waals surface area contributed by atoms with Gasteiger partial charge in [-0.15, -0.1) is 5.10 Å². The Labute approximate surface area is 141 Å². The minimum atomic E-state index is -0.214. The molecule has 1 aliphatic rings. The smallest absolute Gasteiger partial charge is 0.211 e. The van der Waals surface area contributed by atoms with Crippen LogP contribution in [-0.4, -0.2) is 11.7 Å². The summed E-state index contributed by atoms with van der Waals surface area (Å²) in [6.45, 7) is 4.06. The van der Waals surface area contributed by atoms with Gasteiger partial charge in [-0.05, 0) is 67.0 Å². The molecule has 5 heteroatoms. The van der Waals surface area contributed by atoms with E-state index in [0.29, 0.717) is 6.42 Å². The van der Waals surface area contributed by atoms with E-state index < -0.39 is 0 Å². The van der Waals surface area contributed by atoms with E-state index in [1.165, 1.54) is 11.6 Å². The second kappa shape index (κ2) is 6.43. The summed E-state index contributed by atoms with van der Waals surface area (Å²) in [7, 11) is 0. The quantitative estimate of drug-likeness (QED) is 0.506. The third kappa shape index (κ3) is 3.15. The number of nitrogens with zero attached hydrogens (tertiary/aromatic N) is 2. The lowest BCUT2D eigenvalue weighted by Gasteiger charge is -2.28. The Kier molecular flexibility index (Phi) is 4.34. The van der Waals surface area contributed by atoms with Crippen molar-refractivity contribution in [3.05, 3.63) is 70.0 Å². The average molecular weight is 324 g/mol. The molecule has 4 N–H and O–H groups in total. The van der Waals surface area contributed by atoms with Crippen molar-refractivity contribution in [2.75, 3.05) is 0 Å². The van der Waals surface area contributed by atoms with Crippen molar-refractivity contribution in [1.29, 1.82) is 0 Å². The van der Waals surface area contributed by atoms with Gasteiger partial charge in [0.05, 0.1) is 5.71 Å². The normalized spacial score (nSPS) is 18.3. The molecule has 0 radical (unpaired) electrons. The predicted octanol–water partition coefficient (Wildman–Crippen LogP) is 3.15. The molecule has 0 aliphatic heterocycles. The Hall–Kier alpha value is -2.69. The Bertz CT molecular complexity index is 835. The van der Waals surface area contributed by atoms with Crippen LogP contribution in [0.25, 0.3) is 0 Å². The molecule has 3 rings (SSSR count). The number of fused-ring (bicyclic) bond motifs is 1. The van der Waals surface area contributed by atoms with Crippen molar-refractivity contribution in [3.63, 3.8) is 0 Å². The lowest BCUT2D eigenvalue weighted by molar-refractivity contribution is 0.614. The van der Waals surface area contributed by atoms with Crippen molar-refractivity contribution in [2.24, 2.45) is 21.7 Å². The topological polar surface area (TPSA) is 76.8 Å². The highest BCUT2D eigenvalue weighted by Crippen LogP contribution is 2.36. The number of benzene rings is 2. The van der Waals surface area contributed by atoms with Gasteiger partial charge in [0, 0.05) is 5.56 Å². The van der Waals surface area contributed by atoms with E-state index in [0.717, 1.165) is 34.4 Å². The molecule has 0 saturated carbocycles. The molecular formula is C19H21FN4. The number of hydrogen-bond donors (Lipinski definition) is 2. The van der Waals surface area contributed by atoms with Crippen LogP contribution in [0.5, 0.6) is 0 Å². The Balaban J connectivity index is 2.10. The van der Waals surface area contributed by atoms with Gasteiger partial charge in [0.2, 0.25) is 5.96 Å². The number of guanidine groups is 1. The van der Waals surface area contributed by atoms with E-state index in [-0.39, 0.29) is 17.7 Å². The summed E-state index contributed by atoms with van der Waals surface area (Å²) in [4.78, 5) is 0. The van der Waals surface area contributed by atoms with Crippen LogP contribution >= 0.6 is 0 Å². The second-order valence-electron chi connectivity index (χ2n) is 6.29. The SMILES string of the molecule is Cc1ccc(F)cc1C1C/C(=N\N=C(N)N)c2c(C)cccc2C1. The Morgan fingerprint density at radius 3 is 2.62 bits per heavy atom. The third-order valence-electron chi connectivity index (χ3n) is 4.52. The summed E-state index contributed by atoms with van der Waals surface area (Å²) in [5.41, 5.74) is 17.2. The monoisotopic (exact) mass is 324 g/mol. The molecule has 0 fully saturated rings. The van der Waals surface area contributed by atoms with Crippen LogP contribution in [-0.2, 0) is 6.42 Å². The standard InChI is InChI=1S/C19H21FN4/c1-11-6-7-15(20)10-16(11)14-8-13-5-3-4-12(2)18(13)17(9-14)23-24-19(21)22/h3-7,10,14H,8-9H2,1-2H3,(H4,21,22,24)/b23-17+. The summed E-state index contributed by atoms with van der Waals surface area (Å²) in [6.07, 6.45) is 1.53. The molecule has 2 aromatic carbocycles. The van der Waals surface area contributed by atoms with Gasteiger partial charge in [-0.3, -0.25) is 0 Å². The highest BCUT2D eigenvalue weighted by Gasteiger charge is 2.27. The molecular weight excluding hydrogens is 303 g/mol. The number of halogens is 1. The second-order valence-corrected chi connectivity index (χ2v) is 6.29. The average Bonchev–Trinajstić information content (AvgIpc) is 2.54. The van der Waals surface area contributed by atoms with Crippen LogP contribution in [0, 0.1) is 19.7 Å². The maximum absolute atomic E-state index is 13.7. The summed E-state index contributed by atoms with van der Waals surface area (Å²) < 4.78 is 13.7. The van der Waals surface area contributed by atoms with E-state index in [1.807, 2.05) is 19.1 Å². The van der Waals surface area contributed by atoms with Gasteiger partial charge >= 0.3 is 0 Å². The molecule has 124 valence electrons. The van der Waals surface area contributed by atoms with Crippen LogP contribution < -0.4 is 11.5 Å². The first-order valence-corrected chi connectivity index (χ1v) is 7.96. The molecule has 1 unspecified atom stereocenters. The van der Waals surface area contributed by atoms with Gasteiger partial charge in [0.25, 0.3) is 0 Å². The van der Waals surface area contributed by atoms with Crippen molar-refractivity contribution in [1.82, 2.24) is 0 Å². The first-order chi connectivity index (χ1) is 11.5. The highest BCUT2D eigenvalue weighted by molar-refractivity contribution is 6.04. The molecule has 2 aromatic rings. The van der Waals surface area contributed by atoms with E-state index in [2.05, 4.69) is 29.3 Å². The molecule has 1 atom stereocenters. The number of aryl methyl sites for hydroxylation is 2. The first-order valence-electron chi connectivity index (χ1n) is 7.96. The molecule has 0 spiro atoms. The largest absolute Gasteiger partial charge is 0.369 e. The fourth-order valence-corrected chi connectivity index (χ4v) is 3.46. The van der Waals surface area contributed by atoms with Crippen LogP contribution in [0.2, 0.25) is 0 Å². The first kappa shape index (κ1) is 16.2. The maximum atomic E-state index is 13.7. The minimum Gasteiger partial charge on any atom is -0.369 e. The fourth-order valence-electron chi connectivity index (χ4n) is 3.46. The van der Waals surface area contributed by atoms with Crippen molar-refractivity contribution in [2.45, 2.75) is 32.6 Å². The minimum absolute atomic E-state index is 0.0679. The van der Waals surface area contributed by atoms with Crippen LogP contribution in [0.4, 0.5) is 4.39 Å². The van der Waals surface area contributed by atoms with Gasteiger partial charge in [-0.1, -0.05) is 24.3 Å². The molecule has 24 heavy (non-hydrogen) atoms. The van der Waals surface area contributed by atoms with Crippen molar-refractivity contribution in [3.8, 4) is 0 Å². The zero-order valence-electron chi connectivity index (χ0n) is 13.9. The zero-order valence-corrected chi connectivity index (χ0v) is 13.9. The highest BCUT2D eigenvalue weighted by atomic mass is 19.1. The van der Waals surface area contributed by atoms with E-state index in [4.69, 9.17) is 11.5 Å². The summed E-state index contributed by atoms with van der Waals surface area (Å²) in [6, 6.07) is 11.1. The van der Waals surface area contributed by atoms with E-state index in [9.17, 15) is 4.39 Å². The maximum Gasteiger partial charge on any atom is 0.211 e. The molecule has 0 bridgehead atoms. The zero-order chi connectivity index (χ0) is 17.3. The van der Waals surface area contributed by atoms with E-state index in [1.54, 1.807) is 6.07 Å². The Morgan fingerprint density at radius 2 is 1.88 bits per heavy atom. The van der Waals surface area contributed by atoms with E-state index >= 15 is 0 Å². The molecule has 0 heterocycles. The molecule has 4 nitrogen and oxygen atoms in total. The predicted molar refractivity (Wildman–Crippen MR) is 95.7 cm³/mol.